The fourth-order valence-electron chi connectivity index (χ4n) is 2.50. The quantitative estimate of drug-likeness (QED) is 0.773. The second-order valence-corrected chi connectivity index (χ2v) is 8.73. The highest BCUT2D eigenvalue weighted by Crippen LogP contribution is 2.36. The van der Waals surface area contributed by atoms with Gasteiger partial charge >= 0.3 is 12.1 Å². The molecule has 1 N–H and O–H groups in total. The first kappa shape index (κ1) is 21.9. The molecule has 146 valence electrons. The number of carbonyl (C=O) groups is 2. The monoisotopic (exact) mass is 387 g/mol. The van der Waals surface area contributed by atoms with E-state index in [0.29, 0.717) is 5.06 Å². The largest absolute Gasteiger partial charge is 0.478 e. The lowest BCUT2D eigenvalue weighted by Gasteiger charge is -2.28. The zero-order valence-corrected chi connectivity index (χ0v) is 16.9. The number of nitrogens with zero attached hydrogens (tertiary/aromatic N) is 1. The van der Waals surface area contributed by atoms with Crippen molar-refractivity contribution in [3.8, 4) is 0 Å². The first-order valence-electron chi connectivity index (χ1n) is 7.91. The topological polar surface area (TPSA) is 110 Å². The van der Waals surface area contributed by atoms with Gasteiger partial charge in [-0.3, -0.25) is 4.84 Å². The van der Waals surface area contributed by atoms with Crippen molar-refractivity contribution in [2.45, 2.75) is 51.5 Å². The Balaban J connectivity index is 3.88. The minimum absolute atomic E-state index is 0.0860. The Kier molecular flexibility index (Phi) is 6.43. The lowest BCUT2D eigenvalue weighted by atomic mass is 10.0. The van der Waals surface area contributed by atoms with Gasteiger partial charge < -0.3 is 9.84 Å². The molecule has 8 nitrogen and oxygen atoms in total. The number of amides is 1. The molecule has 1 amide bonds. The van der Waals surface area contributed by atoms with Crippen LogP contribution in [0.1, 0.15) is 49.2 Å². The van der Waals surface area contributed by atoms with E-state index in [-0.39, 0.29) is 33.7 Å². The Hall–Kier alpha value is -2.13. The zero-order valence-electron chi connectivity index (χ0n) is 16.0. The molecule has 1 rings (SSSR count). The number of sulfone groups is 1. The molecule has 9 heteroatoms. The molecule has 26 heavy (non-hydrogen) atoms. The van der Waals surface area contributed by atoms with Crippen LogP contribution in [0, 0.1) is 6.92 Å². The van der Waals surface area contributed by atoms with Crippen molar-refractivity contribution in [2.24, 2.45) is 0 Å². The number of anilines is 1. The van der Waals surface area contributed by atoms with Crippen LogP contribution in [0.4, 0.5) is 10.5 Å². The first-order chi connectivity index (χ1) is 11.7. The number of carbonyl (C=O) groups excluding carboxylic acids is 1. The van der Waals surface area contributed by atoms with Crippen molar-refractivity contribution in [1.29, 1.82) is 0 Å². The van der Waals surface area contributed by atoms with Gasteiger partial charge in [-0.25, -0.2) is 18.0 Å². The third-order valence-electron chi connectivity index (χ3n) is 3.51. The van der Waals surface area contributed by atoms with Crippen molar-refractivity contribution < 1.29 is 32.7 Å². The van der Waals surface area contributed by atoms with Crippen LogP contribution < -0.4 is 5.06 Å². The standard InChI is InChI=1S/C17H25NO7S/c1-8-11-9-12(15(19)20)10(2)13(14(11)26(7,22)23)18(24-6)16(21)25-17(3,4)5/h9H,8H2,1-7H3,(H,19,20). The fourth-order valence-corrected chi connectivity index (χ4v) is 3.77. The van der Waals surface area contributed by atoms with E-state index < -0.39 is 27.5 Å². The smallest absolute Gasteiger partial charge is 0.439 e. The molecule has 1 aromatic rings. The SMILES string of the molecule is CCc1cc(C(=O)O)c(C)c(N(OC)C(=O)OC(C)(C)C)c1S(C)(=O)=O. The van der Waals surface area contributed by atoms with Crippen LogP contribution in [-0.2, 0) is 25.8 Å². The lowest BCUT2D eigenvalue weighted by Crippen LogP contribution is -2.37. The predicted octanol–water partition coefficient (Wildman–Crippen LogP) is 2.96. The summed E-state index contributed by atoms with van der Waals surface area (Å²) >= 11 is 0. The molecule has 0 unspecified atom stereocenters. The molecule has 0 aliphatic heterocycles. The third kappa shape index (κ3) is 4.73. The molecule has 0 saturated heterocycles. The minimum Gasteiger partial charge on any atom is -0.478 e. The van der Waals surface area contributed by atoms with Gasteiger partial charge in [-0.1, -0.05) is 6.92 Å². The molecule has 0 bridgehead atoms. The maximum atomic E-state index is 12.5. The van der Waals surface area contributed by atoms with E-state index in [0.717, 1.165) is 6.26 Å². The van der Waals surface area contributed by atoms with E-state index in [2.05, 4.69) is 0 Å². The van der Waals surface area contributed by atoms with Crippen molar-refractivity contribution in [1.82, 2.24) is 0 Å². The van der Waals surface area contributed by atoms with Crippen LogP contribution in [-0.4, -0.2) is 44.6 Å². The number of hydroxylamine groups is 1. The second kappa shape index (κ2) is 7.63. The van der Waals surface area contributed by atoms with Gasteiger partial charge in [0.1, 0.15) is 5.60 Å². The summed E-state index contributed by atoms with van der Waals surface area (Å²) < 4.78 is 30.1. The van der Waals surface area contributed by atoms with Gasteiger partial charge in [-0.2, -0.15) is 5.06 Å². The number of hydrogen-bond donors (Lipinski definition) is 1. The molecule has 0 saturated carbocycles. The number of rotatable bonds is 5. The van der Waals surface area contributed by atoms with E-state index in [4.69, 9.17) is 9.57 Å². The van der Waals surface area contributed by atoms with Crippen molar-refractivity contribution in [3.05, 3.63) is 22.8 Å². The van der Waals surface area contributed by atoms with Gasteiger partial charge in [-0.05, 0) is 51.3 Å². The Morgan fingerprint density at radius 3 is 2.15 bits per heavy atom. The zero-order chi connectivity index (χ0) is 20.4. The van der Waals surface area contributed by atoms with Gasteiger partial charge in [0.15, 0.2) is 9.84 Å². The molecule has 0 aliphatic rings. The van der Waals surface area contributed by atoms with Crippen molar-refractivity contribution >= 4 is 27.6 Å². The summed E-state index contributed by atoms with van der Waals surface area (Å²) in [5.74, 6) is -1.24. The highest BCUT2D eigenvalue weighted by atomic mass is 32.2. The number of aromatic carboxylic acids is 1. The summed E-state index contributed by atoms with van der Waals surface area (Å²) in [5, 5.41) is 10.1. The number of ether oxygens (including phenoxy) is 1. The number of carboxylic acid groups (broad SMARTS) is 1. The molecule has 0 radical (unpaired) electrons. The second-order valence-electron chi connectivity index (χ2n) is 6.77. The van der Waals surface area contributed by atoms with Gasteiger partial charge in [0.25, 0.3) is 0 Å². The lowest BCUT2D eigenvalue weighted by molar-refractivity contribution is 0.0323. The highest BCUT2D eigenvalue weighted by molar-refractivity contribution is 7.91. The van der Waals surface area contributed by atoms with E-state index >= 15 is 0 Å². The third-order valence-corrected chi connectivity index (χ3v) is 4.71. The summed E-state index contributed by atoms with van der Waals surface area (Å²) in [6.07, 6.45) is 0.299. The van der Waals surface area contributed by atoms with Crippen LogP contribution in [0.5, 0.6) is 0 Å². The molecular weight excluding hydrogens is 362 g/mol. The first-order valence-corrected chi connectivity index (χ1v) is 9.80. The van der Waals surface area contributed by atoms with Crippen LogP contribution in [0.15, 0.2) is 11.0 Å². The molecule has 0 aromatic heterocycles. The molecule has 0 spiro atoms. The van der Waals surface area contributed by atoms with E-state index in [1.165, 1.54) is 20.1 Å². The minimum atomic E-state index is -3.80. The summed E-state index contributed by atoms with van der Waals surface area (Å²) in [6, 6.07) is 1.31. The average molecular weight is 387 g/mol. The normalized spacial score (nSPS) is 12.0. The molecule has 1 aromatic carbocycles. The van der Waals surface area contributed by atoms with Gasteiger partial charge in [-0.15, -0.1) is 0 Å². The van der Waals surface area contributed by atoms with Crippen molar-refractivity contribution in [2.75, 3.05) is 18.4 Å². The fraction of sp³-hybridized carbons (Fsp3) is 0.529. The molecule has 0 atom stereocenters. The average Bonchev–Trinajstić information content (AvgIpc) is 2.45. The summed E-state index contributed by atoms with van der Waals surface area (Å²) in [6.45, 7) is 8.05. The van der Waals surface area contributed by atoms with Crippen LogP contribution in [0.25, 0.3) is 0 Å². The van der Waals surface area contributed by atoms with Crippen LogP contribution in [0.3, 0.4) is 0 Å². The van der Waals surface area contributed by atoms with E-state index in [9.17, 15) is 23.1 Å². The number of carboxylic acids is 1. The van der Waals surface area contributed by atoms with Gasteiger partial charge in [0.05, 0.1) is 23.3 Å². The van der Waals surface area contributed by atoms with Crippen LogP contribution >= 0.6 is 0 Å². The Morgan fingerprint density at radius 1 is 1.27 bits per heavy atom. The highest BCUT2D eigenvalue weighted by Gasteiger charge is 2.33. The molecule has 0 heterocycles. The Morgan fingerprint density at radius 2 is 1.81 bits per heavy atom. The van der Waals surface area contributed by atoms with Crippen LogP contribution in [0.2, 0.25) is 0 Å². The predicted molar refractivity (Wildman–Crippen MR) is 96.3 cm³/mol. The Labute approximate surface area is 153 Å². The molecule has 0 aliphatic carbocycles. The number of benzene rings is 1. The molecule has 0 fully saturated rings. The molecular formula is C17H25NO7S. The maximum absolute atomic E-state index is 12.5. The summed E-state index contributed by atoms with van der Waals surface area (Å²) in [7, 11) is -2.62. The van der Waals surface area contributed by atoms with E-state index in [1.54, 1.807) is 27.7 Å². The number of hydrogen-bond acceptors (Lipinski definition) is 6. The van der Waals surface area contributed by atoms with Crippen molar-refractivity contribution in [3.63, 3.8) is 0 Å². The van der Waals surface area contributed by atoms with E-state index in [1.807, 2.05) is 0 Å². The maximum Gasteiger partial charge on any atom is 0.439 e. The summed E-state index contributed by atoms with van der Waals surface area (Å²) in [4.78, 5) is 29.1. The number of aryl methyl sites for hydroxylation is 1. The summed E-state index contributed by atoms with van der Waals surface area (Å²) in [5.41, 5.74) is -0.764. The Bertz CT molecular complexity index is 822. The van der Waals surface area contributed by atoms with Gasteiger partial charge in [0.2, 0.25) is 0 Å². The van der Waals surface area contributed by atoms with Gasteiger partial charge in [0, 0.05) is 6.26 Å².